The van der Waals surface area contributed by atoms with Crippen LogP contribution in [0.4, 0.5) is 9.59 Å². The van der Waals surface area contributed by atoms with Gasteiger partial charge in [0.1, 0.15) is 5.76 Å². The first-order valence-electron chi connectivity index (χ1n) is 8.89. The van der Waals surface area contributed by atoms with Gasteiger partial charge in [-0.1, -0.05) is 30.3 Å². The lowest BCUT2D eigenvalue weighted by Crippen LogP contribution is -2.15. The van der Waals surface area contributed by atoms with Crippen molar-refractivity contribution in [1.29, 1.82) is 0 Å². The van der Waals surface area contributed by atoms with E-state index in [-0.39, 0.29) is 46.9 Å². The van der Waals surface area contributed by atoms with Gasteiger partial charge in [-0.2, -0.15) is 0 Å². The number of hydrogen-bond acceptors (Lipinski definition) is 8. The molecule has 0 radical (unpaired) electrons. The van der Waals surface area contributed by atoms with Gasteiger partial charge in [-0.25, -0.2) is 9.59 Å². The van der Waals surface area contributed by atoms with Crippen LogP contribution in [0.3, 0.4) is 0 Å². The second-order valence-corrected chi connectivity index (χ2v) is 5.68. The Morgan fingerprint density at radius 2 is 1.55 bits per heavy atom. The van der Waals surface area contributed by atoms with Crippen LogP contribution in [-0.4, -0.2) is 25.5 Å². The van der Waals surface area contributed by atoms with E-state index < -0.39 is 12.3 Å². The Labute approximate surface area is 165 Å². The molecule has 0 aliphatic rings. The van der Waals surface area contributed by atoms with Crippen LogP contribution in [0.5, 0.6) is 11.5 Å². The molecule has 0 atom stereocenters. The summed E-state index contributed by atoms with van der Waals surface area (Å²) in [5.74, 6) is -0.161. The predicted molar refractivity (Wildman–Crippen MR) is 103 cm³/mol. The van der Waals surface area contributed by atoms with Crippen LogP contribution in [0.1, 0.15) is 13.8 Å². The summed E-state index contributed by atoms with van der Waals surface area (Å²) in [7, 11) is 0. The summed E-state index contributed by atoms with van der Waals surface area (Å²) in [5.41, 5.74) is 0.220. The molecule has 0 amide bonds. The van der Waals surface area contributed by atoms with Crippen molar-refractivity contribution in [3.63, 3.8) is 0 Å². The number of carbonyl (C=O) groups excluding carboxylic acids is 2. The molecule has 1 aromatic heterocycles. The summed E-state index contributed by atoms with van der Waals surface area (Å²) in [6.07, 6.45) is -2.04. The lowest BCUT2D eigenvalue weighted by molar-refractivity contribution is 0.0941. The molecule has 0 saturated heterocycles. The summed E-state index contributed by atoms with van der Waals surface area (Å²) >= 11 is 0. The van der Waals surface area contributed by atoms with Crippen molar-refractivity contribution in [2.45, 2.75) is 13.8 Å². The summed E-state index contributed by atoms with van der Waals surface area (Å²) in [5, 5.41) is 0.139. The van der Waals surface area contributed by atoms with Crippen LogP contribution in [0.2, 0.25) is 0 Å². The van der Waals surface area contributed by atoms with Crippen molar-refractivity contribution >= 4 is 23.3 Å². The maximum atomic E-state index is 12.6. The molecule has 8 heteroatoms. The molecule has 2 aromatic carbocycles. The van der Waals surface area contributed by atoms with Crippen LogP contribution in [0.15, 0.2) is 57.7 Å². The molecular weight excluding hydrogens is 380 g/mol. The third-order valence-corrected chi connectivity index (χ3v) is 3.78. The van der Waals surface area contributed by atoms with Gasteiger partial charge in [-0.15, -0.1) is 0 Å². The van der Waals surface area contributed by atoms with E-state index in [2.05, 4.69) is 0 Å². The molecule has 150 valence electrons. The van der Waals surface area contributed by atoms with E-state index in [1.165, 1.54) is 18.2 Å². The van der Waals surface area contributed by atoms with Gasteiger partial charge in [0, 0.05) is 11.6 Å². The highest BCUT2D eigenvalue weighted by atomic mass is 16.7. The third-order valence-electron chi connectivity index (χ3n) is 3.78. The van der Waals surface area contributed by atoms with Crippen molar-refractivity contribution < 1.29 is 33.0 Å². The van der Waals surface area contributed by atoms with Crippen LogP contribution in [-0.2, 0) is 9.47 Å². The average molecular weight is 398 g/mol. The van der Waals surface area contributed by atoms with E-state index in [0.29, 0.717) is 5.56 Å². The van der Waals surface area contributed by atoms with Gasteiger partial charge >= 0.3 is 12.3 Å². The summed E-state index contributed by atoms with van der Waals surface area (Å²) in [6, 6.07) is 13.0. The van der Waals surface area contributed by atoms with E-state index >= 15 is 0 Å². The SMILES string of the molecule is CCOC(=O)Oc1ccc2c(=O)cc(-c3ccccc3)oc2c1OC(=O)OCC. The molecule has 0 saturated carbocycles. The van der Waals surface area contributed by atoms with Gasteiger partial charge in [0.25, 0.3) is 0 Å². The molecule has 0 aliphatic carbocycles. The van der Waals surface area contributed by atoms with Gasteiger partial charge in [-0.3, -0.25) is 4.79 Å². The maximum absolute atomic E-state index is 12.6. The quantitative estimate of drug-likeness (QED) is 0.456. The zero-order valence-electron chi connectivity index (χ0n) is 15.8. The average Bonchev–Trinajstić information content (AvgIpc) is 2.70. The van der Waals surface area contributed by atoms with Crippen molar-refractivity contribution in [3.05, 3.63) is 58.8 Å². The van der Waals surface area contributed by atoms with E-state index in [1.54, 1.807) is 38.1 Å². The van der Waals surface area contributed by atoms with E-state index in [9.17, 15) is 14.4 Å². The molecule has 0 unspecified atom stereocenters. The Hall–Kier alpha value is -3.81. The number of carbonyl (C=O) groups is 2. The third kappa shape index (κ3) is 4.55. The van der Waals surface area contributed by atoms with Crippen LogP contribution >= 0.6 is 0 Å². The second-order valence-electron chi connectivity index (χ2n) is 5.68. The van der Waals surface area contributed by atoms with Gasteiger partial charge in [0.05, 0.1) is 18.6 Å². The van der Waals surface area contributed by atoms with E-state index in [1.807, 2.05) is 6.07 Å². The first kappa shape index (κ1) is 19.9. The monoisotopic (exact) mass is 398 g/mol. The molecule has 29 heavy (non-hydrogen) atoms. The lowest BCUT2D eigenvalue weighted by atomic mass is 10.1. The van der Waals surface area contributed by atoms with Crippen molar-refractivity contribution in [1.82, 2.24) is 0 Å². The molecule has 0 spiro atoms. The molecular formula is C21H18O8. The summed E-state index contributed by atoms with van der Waals surface area (Å²) in [4.78, 5) is 36.3. The molecule has 8 nitrogen and oxygen atoms in total. The van der Waals surface area contributed by atoms with Crippen LogP contribution in [0.25, 0.3) is 22.3 Å². The largest absolute Gasteiger partial charge is 0.514 e. The highest BCUT2D eigenvalue weighted by Gasteiger charge is 2.22. The van der Waals surface area contributed by atoms with Crippen molar-refractivity contribution in [2.75, 3.05) is 13.2 Å². The number of fused-ring (bicyclic) bond motifs is 1. The molecule has 0 bridgehead atoms. The minimum absolute atomic E-state index is 0.0637. The number of ether oxygens (including phenoxy) is 4. The lowest BCUT2D eigenvalue weighted by Gasteiger charge is -2.12. The number of hydrogen-bond donors (Lipinski definition) is 0. The van der Waals surface area contributed by atoms with Gasteiger partial charge in [-0.05, 0) is 26.0 Å². The molecule has 0 fully saturated rings. The normalized spacial score (nSPS) is 10.4. The number of rotatable bonds is 5. The Bertz CT molecular complexity index is 1090. The van der Waals surface area contributed by atoms with Gasteiger partial charge in [0.2, 0.25) is 5.75 Å². The summed E-state index contributed by atoms with van der Waals surface area (Å²) < 4.78 is 25.7. The zero-order valence-corrected chi connectivity index (χ0v) is 15.8. The maximum Gasteiger partial charge on any atom is 0.514 e. The molecule has 3 aromatic rings. The van der Waals surface area contributed by atoms with Crippen LogP contribution in [0, 0.1) is 0 Å². The van der Waals surface area contributed by atoms with Crippen molar-refractivity contribution in [2.24, 2.45) is 0 Å². The molecule has 0 N–H and O–H groups in total. The molecule has 1 heterocycles. The fourth-order valence-electron chi connectivity index (χ4n) is 2.57. The number of benzene rings is 2. The second kappa shape index (κ2) is 8.92. The Kier molecular flexibility index (Phi) is 6.13. The standard InChI is InChI=1S/C21H18O8/c1-3-25-20(23)28-16-11-10-14-15(22)12-17(13-8-6-5-7-9-13)27-18(14)19(16)29-21(24)26-4-2/h5-12H,3-4H2,1-2H3. The Morgan fingerprint density at radius 1 is 0.897 bits per heavy atom. The highest BCUT2D eigenvalue weighted by Crippen LogP contribution is 2.37. The molecule has 0 aliphatic heterocycles. The van der Waals surface area contributed by atoms with Gasteiger partial charge < -0.3 is 23.4 Å². The van der Waals surface area contributed by atoms with E-state index in [0.717, 1.165) is 0 Å². The minimum Gasteiger partial charge on any atom is -0.452 e. The summed E-state index contributed by atoms with van der Waals surface area (Å²) in [6.45, 7) is 3.38. The first-order valence-corrected chi connectivity index (χ1v) is 8.89. The van der Waals surface area contributed by atoms with Gasteiger partial charge in [0.15, 0.2) is 16.8 Å². The fraction of sp³-hybridized carbons (Fsp3) is 0.190. The van der Waals surface area contributed by atoms with Crippen molar-refractivity contribution in [3.8, 4) is 22.8 Å². The smallest absolute Gasteiger partial charge is 0.452 e. The Morgan fingerprint density at radius 3 is 2.21 bits per heavy atom. The Balaban J connectivity index is 2.18. The van der Waals surface area contributed by atoms with Crippen LogP contribution < -0.4 is 14.9 Å². The zero-order chi connectivity index (χ0) is 20.8. The highest BCUT2D eigenvalue weighted by molar-refractivity contribution is 5.89. The fourth-order valence-corrected chi connectivity index (χ4v) is 2.57. The minimum atomic E-state index is -1.04. The topological polar surface area (TPSA) is 101 Å². The predicted octanol–water partition coefficient (Wildman–Crippen LogP) is 4.53. The molecule has 3 rings (SSSR count). The van der Waals surface area contributed by atoms with E-state index in [4.69, 9.17) is 23.4 Å². The first-order chi connectivity index (χ1) is 14.0.